The molecular formula is C12H22O. The van der Waals surface area contributed by atoms with Crippen molar-refractivity contribution in [2.75, 3.05) is 6.61 Å². The van der Waals surface area contributed by atoms with Gasteiger partial charge in [0, 0.05) is 6.61 Å². The fraction of sp³-hybridized carbons (Fsp3) is 0.833. The fourth-order valence-corrected chi connectivity index (χ4v) is 2.50. The lowest BCUT2D eigenvalue weighted by atomic mass is 9.69. The van der Waals surface area contributed by atoms with E-state index in [4.69, 9.17) is 0 Å². The van der Waals surface area contributed by atoms with Crippen molar-refractivity contribution in [2.45, 2.75) is 46.5 Å². The van der Waals surface area contributed by atoms with Gasteiger partial charge in [0.15, 0.2) is 0 Å². The van der Waals surface area contributed by atoms with Crippen LogP contribution in [0.2, 0.25) is 0 Å². The first-order valence-electron chi connectivity index (χ1n) is 5.46. The highest BCUT2D eigenvalue weighted by Crippen LogP contribution is 2.41. The molecule has 0 aliphatic heterocycles. The van der Waals surface area contributed by atoms with Crippen LogP contribution in [0.1, 0.15) is 46.5 Å². The molecule has 0 bridgehead atoms. The molecular weight excluding hydrogens is 160 g/mol. The van der Waals surface area contributed by atoms with Crippen LogP contribution in [0, 0.1) is 11.3 Å². The Bertz CT molecular complexity index is 189. The molecule has 0 aromatic carbocycles. The predicted octanol–water partition coefficient (Wildman–Crippen LogP) is 3.14. The second kappa shape index (κ2) is 4.28. The Hall–Kier alpha value is -0.300. The lowest BCUT2D eigenvalue weighted by molar-refractivity contribution is 0.0918. The molecule has 1 rings (SSSR count). The molecule has 0 fully saturated rings. The molecule has 2 atom stereocenters. The molecule has 0 amide bonds. The summed E-state index contributed by atoms with van der Waals surface area (Å²) in [6.45, 7) is 7.02. The Morgan fingerprint density at radius 3 is 2.69 bits per heavy atom. The summed E-state index contributed by atoms with van der Waals surface area (Å²) in [6, 6.07) is 0. The molecule has 0 aromatic rings. The van der Waals surface area contributed by atoms with E-state index < -0.39 is 0 Å². The molecule has 1 aliphatic rings. The van der Waals surface area contributed by atoms with Crippen molar-refractivity contribution in [3.8, 4) is 0 Å². The number of rotatable bonds is 3. The lowest BCUT2D eigenvalue weighted by Crippen LogP contribution is -2.30. The Balaban J connectivity index is 2.77. The lowest BCUT2D eigenvalue weighted by Gasteiger charge is -2.37. The third-order valence-corrected chi connectivity index (χ3v) is 3.42. The maximum Gasteiger partial charge on any atom is 0.0490 e. The Kier molecular flexibility index (Phi) is 3.55. The van der Waals surface area contributed by atoms with Crippen LogP contribution in [-0.2, 0) is 0 Å². The van der Waals surface area contributed by atoms with Crippen LogP contribution in [0.3, 0.4) is 0 Å². The molecule has 0 saturated carbocycles. The van der Waals surface area contributed by atoms with Gasteiger partial charge in [0.1, 0.15) is 0 Å². The van der Waals surface area contributed by atoms with Crippen LogP contribution in [-0.4, -0.2) is 11.7 Å². The minimum absolute atomic E-state index is 0.194. The minimum Gasteiger partial charge on any atom is -0.396 e. The van der Waals surface area contributed by atoms with E-state index in [2.05, 4.69) is 26.8 Å². The zero-order chi connectivity index (χ0) is 9.90. The number of aliphatic hydroxyl groups is 1. The molecule has 1 aliphatic carbocycles. The number of hydrogen-bond donors (Lipinski definition) is 1. The van der Waals surface area contributed by atoms with Gasteiger partial charge in [-0.25, -0.2) is 0 Å². The van der Waals surface area contributed by atoms with Gasteiger partial charge in [0.05, 0.1) is 0 Å². The van der Waals surface area contributed by atoms with Gasteiger partial charge in [-0.2, -0.15) is 0 Å². The zero-order valence-corrected chi connectivity index (χ0v) is 9.14. The highest BCUT2D eigenvalue weighted by atomic mass is 16.3. The molecule has 0 saturated heterocycles. The molecule has 0 radical (unpaired) electrons. The number of hydrogen-bond acceptors (Lipinski definition) is 1. The van der Waals surface area contributed by atoms with E-state index in [0.717, 1.165) is 25.7 Å². The van der Waals surface area contributed by atoms with Crippen molar-refractivity contribution in [2.24, 2.45) is 11.3 Å². The average Bonchev–Trinajstić information content (AvgIpc) is 2.16. The van der Waals surface area contributed by atoms with Crippen molar-refractivity contribution in [1.29, 1.82) is 0 Å². The fourth-order valence-electron chi connectivity index (χ4n) is 2.50. The van der Waals surface area contributed by atoms with E-state index in [1.54, 1.807) is 0 Å². The number of allylic oxidation sites excluding steroid dienone is 2. The van der Waals surface area contributed by atoms with Gasteiger partial charge in [-0.05, 0) is 37.0 Å². The first-order valence-corrected chi connectivity index (χ1v) is 5.46. The van der Waals surface area contributed by atoms with Crippen LogP contribution in [0.25, 0.3) is 0 Å². The molecule has 1 nitrogen and oxygen atoms in total. The summed E-state index contributed by atoms with van der Waals surface area (Å²) >= 11 is 0. The molecule has 1 heteroatoms. The predicted molar refractivity (Wildman–Crippen MR) is 56.6 cm³/mol. The largest absolute Gasteiger partial charge is 0.396 e. The third-order valence-electron chi connectivity index (χ3n) is 3.42. The van der Waals surface area contributed by atoms with Gasteiger partial charge >= 0.3 is 0 Å². The topological polar surface area (TPSA) is 20.2 Å². The van der Waals surface area contributed by atoms with E-state index in [9.17, 15) is 5.11 Å². The quantitative estimate of drug-likeness (QED) is 0.665. The Labute approximate surface area is 81.9 Å². The van der Waals surface area contributed by atoms with Crippen molar-refractivity contribution < 1.29 is 5.11 Å². The van der Waals surface area contributed by atoms with Crippen LogP contribution in [0.4, 0.5) is 0 Å². The molecule has 1 N–H and O–H groups in total. The minimum atomic E-state index is 0.194. The van der Waals surface area contributed by atoms with Gasteiger partial charge in [0.25, 0.3) is 0 Å². The molecule has 0 spiro atoms. The van der Waals surface area contributed by atoms with Crippen LogP contribution >= 0.6 is 0 Å². The van der Waals surface area contributed by atoms with Crippen molar-refractivity contribution in [3.63, 3.8) is 0 Å². The first kappa shape index (κ1) is 10.8. The summed E-state index contributed by atoms with van der Waals surface area (Å²) in [5, 5.41) is 9.45. The summed E-state index contributed by atoms with van der Waals surface area (Å²) in [7, 11) is 0. The van der Waals surface area contributed by atoms with Gasteiger partial charge in [-0.1, -0.05) is 32.4 Å². The van der Waals surface area contributed by atoms with Crippen molar-refractivity contribution in [1.82, 2.24) is 0 Å². The number of aliphatic hydroxyl groups excluding tert-OH is 1. The summed E-state index contributed by atoms with van der Waals surface area (Å²) in [5.41, 5.74) is 1.73. The normalized spacial score (nSPS) is 34.5. The molecule has 2 unspecified atom stereocenters. The van der Waals surface area contributed by atoms with Crippen LogP contribution in [0.15, 0.2) is 11.6 Å². The zero-order valence-electron chi connectivity index (χ0n) is 9.14. The van der Waals surface area contributed by atoms with Crippen molar-refractivity contribution in [3.05, 3.63) is 11.6 Å². The third kappa shape index (κ3) is 2.34. The summed E-state index contributed by atoms with van der Waals surface area (Å²) in [5.74, 6) is 0.649. The molecule has 0 aromatic heterocycles. The summed E-state index contributed by atoms with van der Waals surface area (Å²) in [6.07, 6.45) is 6.91. The van der Waals surface area contributed by atoms with Gasteiger partial charge < -0.3 is 5.11 Å². The maximum atomic E-state index is 9.45. The van der Waals surface area contributed by atoms with Crippen LogP contribution < -0.4 is 0 Å². The van der Waals surface area contributed by atoms with Crippen molar-refractivity contribution >= 4 is 0 Å². The highest BCUT2D eigenvalue weighted by molar-refractivity contribution is 5.12. The smallest absolute Gasteiger partial charge is 0.0490 e. The first-order chi connectivity index (χ1) is 6.15. The maximum absolute atomic E-state index is 9.45. The molecule has 13 heavy (non-hydrogen) atoms. The van der Waals surface area contributed by atoms with Gasteiger partial charge in [-0.15, -0.1) is 0 Å². The van der Waals surface area contributed by atoms with E-state index in [1.165, 1.54) is 5.57 Å². The van der Waals surface area contributed by atoms with E-state index in [0.29, 0.717) is 12.5 Å². The van der Waals surface area contributed by atoms with E-state index in [1.807, 2.05) is 0 Å². The highest BCUT2D eigenvalue weighted by Gasteiger charge is 2.32. The summed E-state index contributed by atoms with van der Waals surface area (Å²) < 4.78 is 0. The molecule has 0 heterocycles. The monoisotopic (exact) mass is 182 g/mol. The molecule has 76 valence electrons. The van der Waals surface area contributed by atoms with E-state index >= 15 is 0 Å². The second-order valence-electron chi connectivity index (χ2n) is 4.55. The van der Waals surface area contributed by atoms with Gasteiger partial charge in [-0.3, -0.25) is 0 Å². The standard InChI is InChI=1S/C12H22O/c1-4-11-6-10(3)7-12(5-2,8-11)9-13/h6,10,13H,4-5,7-9H2,1-3H3. The average molecular weight is 182 g/mol. The van der Waals surface area contributed by atoms with Gasteiger partial charge in [0.2, 0.25) is 0 Å². The summed E-state index contributed by atoms with van der Waals surface area (Å²) in [4.78, 5) is 0. The second-order valence-corrected chi connectivity index (χ2v) is 4.55. The van der Waals surface area contributed by atoms with Crippen LogP contribution in [0.5, 0.6) is 0 Å². The Morgan fingerprint density at radius 1 is 1.54 bits per heavy atom. The Morgan fingerprint density at radius 2 is 2.23 bits per heavy atom. The van der Waals surface area contributed by atoms with E-state index in [-0.39, 0.29) is 5.41 Å². The SMILES string of the molecule is CCC1=CC(C)CC(CC)(CO)C1.